The average molecular weight is 426 g/mol. The molecule has 3 aromatic rings. The number of nitrogens with zero attached hydrogens (tertiary/aromatic N) is 2. The Kier molecular flexibility index (Phi) is 6.20. The van der Waals surface area contributed by atoms with Gasteiger partial charge in [-0.05, 0) is 25.1 Å². The van der Waals surface area contributed by atoms with Crippen molar-refractivity contribution in [2.24, 2.45) is 4.99 Å². The summed E-state index contributed by atoms with van der Waals surface area (Å²) < 4.78 is 42.1. The zero-order valence-electron chi connectivity index (χ0n) is 15.0. The molecule has 148 valence electrons. The van der Waals surface area contributed by atoms with Crippen LogP contribution in [-0.4, -0.2) is 30.9 Å². The van der Waals surface area contributed by atoms with E-state index in [0.717, 1.165) is 17.8 Å². The molecule has 3 rings (SSSR count). The Morgan fingerprint density at radius 2 is 2.00 bits per heavy atom. The number of benzene rings is 1. The van der Waals surface area contributed by atoms with E-state index >= 15 is 0 Å². The molecule has 0 atom stereocenters. The van der Waals surface area contributed by atoms with Gasteiger partial charge in [-0.15, -0.1) is 35.8 Å². The Morgan fingerprint density at radius 3 is 2.71 bits per heavy atom. The summed E-state index contributed by atoms with van der Waals surface area (Å²) in [6.45, 7) is 2.69. The fourth-order valence-electron chi connectivity index (χ4n) is 2.41. The molecule has 0 bridgehead atoms. The van der Waals surface area contributed by atoms with Gasteiger partial charge in [0.15, 0.2) is 11.1 Å². The number of thiophene rings is 1. The third-order valence-electron chi connectivity index (χ3n) is 3.57. The van der Waals surface area contributed by atoms with E-state index in [1.807, 2.05) is 17.7 Å². The molecule has 0 spiro atoms. The molecule has 0 fully saturated rings. The molecule has 2 aromatic heterocycles. The van der Waals surface area contributed by atoms with Crippen molar-refractivity contribution in [3.8, 4) is 27.4 Å². The molecule has 0 aliphatic rings. The first-order chi connectivity index (χ1) is 13.4. The molecular formula is C18H17F3N4OS2. The van der Waals surface area contributed by atoms with E-state index in [0.29, 0.717) is 21.5 Å². The number of rotatable bonds is 5. The maximum atomic E-state index is 12.6. The number of para-hydroxylation sites is 1. The first-order valence-electron chi connectivity index (χ1n) is 8.27. The van der Waals surface area contributed by atoms with Gasteiger partial charge in [-0.2, -0.15) is 0 Å². The lowest BCUT2D eigenvalue weighted by atomic mass is 10.1. The number of anilines is 1. The predicted octanol–water partition coefficient (Wildman–Crippen LogP) is 5.44. The van der Waals surface area contributed by atoms with Gasteiger partial charge in [0, 0.05) is 40.4 Å². The fourth-order valence-corrected chi connectivity index (χ4v) is 4.06. The lowest BCUT2D eigenvalue weighted by Gasteiger charge is -2.12. The van der Waals surface area contributed by atoms with E-state index in [9.17, 15) is 13.2 Å². The largest absolute Gasteiger partial charge is 0.573 e. The number of nitrogens with one attached hydrogen (secondary N) is 2. The Morgan fingerprint density at radius 1 is 1.21 bits per heavy atom. The Hall–Kier alpha value is -2.59. The zero-order valence-corrected chi connectivity index (χ0v) is 16.6. The van der Waals surface area contributed by atoms with Crippen molar-refractivity contribution in [2.75, 3.05) is 18.9 Å². The Bertz CT molecular complexity index is 966. The number of aliphatic imine (C=N–C) groups is 1. The smallest absolute Gasteiger partial charge is 0.405 e. The molecule has 0 unspecified atom stereocenters. The van der Waals surface area contributed by atoms with Crippen LogP contribution in [0.2, 0.25) is 0 Å². The van der Waals surface area contributed by atoms with Crippen LogP contribution >= 0.6 is 22.7 Å². The predicted molar refractivity (Wildman–Crippen MR) is 108 cm³/mol. The number of aromatic nitrogens is 1. The van der Waals surface area contributed by atoms with Crippen LogP contribution in [0, 0.1) is 0 Å². The number of halogens is 3. The SMILES string of the molecule is CCNC(=NC)Nc1nc(-c2csc(-c3ccccc3OC(F)(F)F)c2)cs1. The minimum absolute atomic E-state index is 0.224. The summed E-state index contributed by atoms with van der Waals surface area (Å²) in [4.78, 5) is 9.28. The Labute approximate surface area is 167 Å². The van der Waals surface area contributed by atoms with Crippen molar-refractivity contribution < 1.29 is 17.9 Å². The summed E-state index contributed by atoms with van der Waals surface area (Å²) in [5.41, 5.74) is 1.94. The van der Waals surface area contributed by atoms with E-state index in [1.165, 1.54) is 34.8 Å². The van der Waals surface area contributed by atoms with Crippen LogP contribution < -0.4 is 15.4 Å². The number of thiazole rings is 1. The van der Waals surface area contributed by atoms with Crippen LogP contribution in [-0.2, 0) is 0 Å². The van der Waals surface area contributed by atoms with Gasteiger partial charge in [-0.1, -0.05) is 12.1 Å². The monoisotopic (exact) mass is 426 g/mol. The molecule has 5 nitrogen and oxygen atoms in total. The number of guanidine groups is 1. The number of ether oxygens (including phenoxy) is 1. The van der Waals surface area contributed by atoms with Crippen LogP contribution in [0.3, 0.4) is 0 Å². The van der Waals surface area contributed by atoms with Gasteiger partial charge in [-0.25, -0.2) is 4.98 Å². The summed E-state index contributed by atoms with van der Waals surface area (Å²) >= 11 is 2.75. The van der Waals surface area contributed by atoms with E-state index < -0.39 is 6.36 Å². The summed E-state index contributed by atoms with van der Waals surface area (Å²) in [5.74, 6) is 0.395. The molecule has 10 heteroatoms. The second kappa shape index (κ2) is 8.61. The first kappa shape index (κ1) is 20.2. The first-order valence-corrected chi connectivity index (χ1v) is 10.0. The van der Waals surface area contributed by atoms with Crippen LogP contribution in [0.25, 0.3) is 21.7 Å². The quantitative estimate of drug-likeness (QED) is 0.421. The molecule has 0 radical (unpaired) electrons. The molecule has 0 amide bonds. The normalized spacial score (nSPS) is 12.1. The maximum Gasteiger partial charge on any atom is 0.573 e. The number of hydrogen-bond acceptors (Lipinski definition) is 5. The third-order valence-corrected chi connectivity index (χ3v) is 5.29. The van der Waals surface area contributed by atoms with Gasteiger partial charge in [0.25, 0.3) is 0 Å². The minimum Gasteiger partial charge on any atom is -0.405 e. The standard InChI is InChI=1S/C18H17F3N4OS2/c1-3-23-16(22-2)25-17-24-13(10-28-17)11-8-15(27-9-11)12-6-4-5-7-14(12)26-18(19,20)21/h4-10H,3H2,1-2H3,(H2,22,23,24,25). The topological polar surface area (TPSA) is 58.5 Å². The third kappa shape index (κ3) is 5.02. The highest BCUT2D eigenvalue weighted by atomic mass is 32.1. The highest BCUT2D eigenvalue weighted by Gasteiger charge is 2.32. The van der Waals surface area contributed by atoms with Gasteiger partial charge in [-0.3, -0.25) is 4.99 Å². The van der Waals surface area contributed by atoms with Crippen molar-refractivity contribution in [3.63, 3.8) is 0 Å². The van der Waals surface area contributed by atoms with E-state index in [4.69, 9.17) is 0 Å². The minimum atomic E-state index is -4.74. The van der Waals surface area contributed by atoms with Crippen LogP contribution in [0.5, 0.6) is 5.75 Å². The van der Waals surface area contributed by atoms with Crippen molar-refractivity contribution in [1.82, 2.24) is 10.3 Å². The van der Waals surface area contributed by atoms with Gasteiger partial charge in [0.2, 0.25) is 0 Å². The van der Waals surface area contributed by atoms with Crippen molar-refractivity contribution in [1.29, 1.82) is 0 Å². The zero-order chi connectivity index (χ0) is 20.1. The summed E-state index contributed by atoms with van der Waals surface area (Å²) in [6.07, 6.45) is -4.74. The number of hydrogen-bond donors (Lipinski definition) is 2. The highest BCUT2D eigenvalue weighted by molar-refractivity contribution is 7.15. The lowest BCUT2D eigenvalue weighted by molar-refractivity contribution is -0.274. The van der Waals surface area contributed by atoms with Crippen molar-refractivity contribution in [3.05, 3.63) is 41.1 Å². The molecule has 2 heterocycles. The highest BCUT2D eigenvalue weighted by Crippen LogP contribution is 2.39. The summed E-state index contributed by atoms with van der Waals surface area (Å²) in [6, 6.07) is 7.90. The number of alkyl halides is 3. The van der Waals surface area contributed by atoms with Crippen molar-refractivity contribution in [2.45, 2.75) is 13.3 Å². The second-order valence-corrected chi connectivity index (χ2v) is 7.28. The molecule has 0 aliphatic heterocycles. The summed E-state index contributed by atoms with van der Waals surface area (Å²) in [5, 5.41) is 10.6. The molecule has 0 aliphatic carbocycles. The van der Waals surface area contributed by atoms with Crippen LogP contribution in [0.4, 0.5) is 18.3 Å². The molecule has 0 saturated heterocycles. The van der Waals surface area contributed by atoms with Gasteiger partial charge >= 0.3 is 6.36 Å². The summed E-state index contributed by atoms with van der Waals surface area (Å²) in [7, 11) is 1.67. The van der Waals surface area contributed by atoms with Gasteiger partial charge in [0.05, 0.1) is 5.69 Å². The van der Waals surface area contributed by atoms with Crippen LogP contribution in [0.1, 0.15) is 6.92 Å². The molecule has 0 saturated carbocycles. The van der Waals surface area contributed by atoms with E-state index in [-0.39, 0.29) is 5.75 Å². The van der Waals surface area contributed by atoms with E-state index in [2.05, 4.69) is 25.3 Å². The lowest BCUT2D eigenvalue weighted by Crippen LogP contribution is -2.30. The Balaban J connectivity index is 1.82. The maximum absolute atomic E-state index is 12.6. The van der Waals surface area contributed by atoms with E-state index in [1.54, 1.807) is 25.2 Å². The van der Waals surface area contributed by atoms with Gasteiger partial charge < -0.3 is 15.4 Å². The van der Waals surface area contributed by atoms with Crippen molar-refractivity contribution >= 4 is 33.8 Å². The molecule has 1 aromatic carbocycles. The van der Waals surface area contributed by atoms with Crippen LogP contribution in [0.15, 0.2) is 46.1 Å². The molecule has 2 N–H and O–H groups in total. The fraction of sp³-hybridized carbons (Fsp3) is 0.222. The van der Waals surface area contributed by atoms with Gasteiger partial charge in [0.1, 0.15) is 5.75 Å². The average Bonchev–Trinajstić information content (AvgIpc) is 3.29. The second-order valence-electron chi connectivity index (χ2n) is 5.51. The molecular weight excluding hydrogens is 409 g/mol. The molecule has 28 heavy (non-hydrogen) atoms.